The minimum absolute atomic E-state index is 0.136. The predicted molar refractivity (Wildman–Crippen MR) is 67.1 cm³/mol. The van der Waals surface area contributed by atoms with Crippen molar-refractivity contribution < 1.29 is 9.18 Å². The Morgan fingerprint density at radius 1 is 1.65 bits per heavy atom. The first kappa shape index (κ1) is 13.5. The van der Waals surface area contributed by atoms with E-state index < -0.39 is 5.82 Å². The maximum atomic E-state index is 12.9. The smallest absolute Gasteiger partial charge is 0.253 e. The number of carbonyl (C=O) groups is 1. The van der Waals surface area contributed by atoms with Crippen LogP contribution >= 0.6 is 12.2 Å². The summed E-state index contributed by atoms with van der Waals surface area (Å²) in [6, 6.07) is 0.999. The largest absolute Gasteiger partial charge is 0.393 e. The van der Waals surface area contributed by atoms with E-state index in [1.807, 2.05) is 6.92 Å². The summed E-state index contributed by atoms with van der Waals surface area (Å²) >= 11 is 4.78. The quantitative estimate of drug-likeness (QED) is 0.780. The second kappa shape index (κ2) is 6.24. The molecule has 1 rings (SSSR count). The van der Waals surface area contributed by atoms with Crippen LogP contribution in [0.5, 0.6) is 0 Å². The molecule has 4 nitrogen and oxygen atoms in total. The molecular weight excluding hydrogens is 241 g/mol. The molecule has 1 aromatic heterocycles. The minimum Gasteiger partial charge on any atom is -0.393 e. The molecule has 0 radical (unpaired) electrons. The minimum atomic E-state index is -0.542. The molecule has 92 valence electrons. The lowest BCUT2D eigenvalue weighted by Crippen LogP contribution is -2.37. The maximum Gasteiger partial charge on any atom is 0.253 e. The van der Waals surface area contributed by atoms with Gasteiger partial charge in [0.2, 0.25) is 0 Å². The molecule has 0 saturated carbocycles. The van der Waals surface area contributed by atoms with E-state index in [9.17, 15) is 9.18 Å². The Bertz CT molecular complexity index is 425. The summed E-state index contributed by atoms with van der Waals surface area (Å²) in [6.45, 7) is 1.91. The van der Waals surface area contributed by atoms with E-state index in [0.717, 1.165) is 12.3 Å². The second-order valence-corrected chi connectivity index (χ2v) is 4.17. The first-order valence-corrected chi connectivity index (χ1v) is 5.63. The number of carbonyl (C=O) groups excluding carboxylic acids is 1. The van der Waals surface area contributed by atoms with E-state index >= 15 is 0 Å². The monoisotopic (exact) mass is 255 g/mol. The number of rotatable bonds is 5. The molecule has 1 aromatic rings. The van der Waals surface area contributed by atoms with Gasteiger partial charge in [-0.05, 0) is 12.5 Å². The van der Waals surface area contributed by atoms with Crippen molar-refractivity contribution in [2.24, 2.45) is 5.73 Å². The number of nitrogens with two attached hydrogens (primary N) is 1. The van der Waals surface area contributed by atoms with Crippen LogP contribution in [0.3, 0.4) is 0 Å². The van der Waals surface area contributed by atoms with Crippen LogP contribution < -0.4 is 11.1 Å². The molecule has 1 heterocycles. The van der Waals surface area contributed by atoms with Gasteiger partial charge in [0, 0.05) is 18.7 Å². The van der Waals surface area contributed by atoms with Gasteiger partial charge in [0.25, 0.3) is 5.91 Å². The van der Waals surface area contributed by atoms with Gasteiger partial charge in [0.15, 0.2) is 0 Å². The molecule has 1 amide bonds. The van der Waals surface area contributed by atoms with E-state index in [0.29, 0.717) is 17.8 Å². The third kappa shape index (κ3) is 4.44. The highest BCUT2D eigenvalue weighted by Crippen LogP contribution is 2.04. The highest BCUT2D eigenvalue weighted by Gasteiger charge is 2.13. The van der Waals surface area contributed by atoms with Crippen LogP contribution in [0, 0.1) is 5.82 Å². The Morgan fingerprint density at radius 2 is 2.35 bits per heavy atom. The number of pyridine rings is 1. The summed E-state index contributed by atoms with van der Waals surface area (Å²) in [5.41, 5.74) is 5.60. The molecular formula is C11H14FN3OS. The lowest BCUT2D eigenvalue weighted by atomic mass is 10.1. The van der Waals surface area contributed by atoms with Crippen LogP contribution in [0.25, 0.3) is 0 Å². The van der Waals surface area contributed by atoms with Gasteiger partial charge in [0.05, 0.1) is 16.7 Å². The van der Waals surface area contributed by atoms with E-state index in [1.54, 1.807) is 0 Å². The van der Waals surface area contributed by atoms with Gasteiger partial charge in [-0.1, -0.05) is 19.1 Å². The van der Waals surface area contributed by atoms with Crippen molar-refractivity contribution in [3.8, 4) is 0 Å². The van der Waals surface area contributed by atoms with Gasteiger partial charge < -0.3 is 11.1 Å². The second-order valence-electron chi connectivity index (χ2n) is 3.64. The SMILES string of the molecule is CCC(CC(N)=S)NC(=O)c1cncc(F)c1. The molecule has 1 atom stereocenters. The predicted octanol–water partition coefficient (Wildman–Crippen LogP) is 1.41. The first-order valence-electron chi connectivity index (χ1n) is 5.22. The Labute approximate surface area is 104 Å². The number of amides is 1. The average molecular weight is 255 g/mol. The summed E-state index contributed by atoms with van der Waals surface area (Å²) < 4.78 is 12.9. The van der Waals surface area contributed by atoms with Crippen LogP contribution in [0.2, 0.25) is 0 Å². The molecule has 0 saturated heterocycles. The highest BCUT2D eigenvalue weighted by molar-refractivity contribution is 7.80. The van der Waals surface area contributed by atoms with Crippen molar-refractivity contribution in [1.29, 1.82) is 0 Å². The molecule has 1 unspecified atom stereocenters. The maximum absolute atomic E-state index is 12.9. The van der Waals surface area contributed by atoms with E-state index in [1.165, 1.54) is 6.20 Å². The molecule has 0 fully saturated rings. The molecule has 0 aliphatic carbocycles. The number of nitrogens with one attached hydrogen (secondary N) is 1. The van der Waals surface area contributed by atoms with Crippen LogP contribution in [0.4, 0.5) is 4.39 Å². The number of halogens is 1. The van der Waals surface area contributed by atoms with Crippen molar-refractivity contribution in [3.63, 3.8) is 0 Å². The molecule has 0 bridgehead atoms. The van der Waals surface area contributed by atoms with Gasteiger partial charge in [-0.15, -0.1) is 0 Å². The molecule has 3 N–H and O–H groups in total. The molecule has 0 spiro atoms. The zero-order valence-electron chi connectivity index (χ0n) is 9.44. The normalized spacial score (nSPS) is 11.9. The Kier molecular flexibility index (Phi) is 4.96. The lowest BCUT2D eigenvalue weighted by Gasteiger charge is -2.15. The topological polar surface area (TPSA) is 68.0 Å². The Morgan fingerprint density at radius 3 is 2.88 bits per heavy atom. The summed E-state index contributed by atoms with van der Waals surface area (Å²) in [5.74, 6) is -0.917. The molecule has 0 aliphatic heterocycles. The molecule has 0 aromatic carbocycles. The Hall–Kier alpha value is -1.56. The fourth-order valence-electron chi connectivity index (χ4n) is 1.35. The summed E-state index contributed by atoms with van der Waals surface area (Å²) in [7, 11) is 0. The molecule has 17 heavy (non-hydrogen) atoms. The third-order valence-corrected chi connectivity index (χ3v) is 2.41. The van der Waals surface area contributed by atoms with Gasteiger partial charge in [0.1, 0.15) is 5.82 Å². The first-order chi connectivity index (χ1) is 8.02. The van der Waals surface area contributed by atoms with Crippen molar-refractivity contribution in [1.82, 2.24) is 10.3 Å². The summed E-state index contributed by atoms with van der Waals surface area (Å²) in [6.07, 6.45) is 3.49. The third-order valence-electron chi connectivity index (χ3n) is 2.24. The number of hydrogen-bond donors (Lipinski definition) is 2. The fourth-order valence-corrected chi connectivity index (χ4v) is 1.55. The van der Waals surface area contributed by atoms with Gasteiger partial charge >= 0.3 is 0 Å². The number of hydrogen-bond acceptors (Lipinski definition) is 3. The number of nitrogens with zero attached hydrogens (tertiary/aromatic N) is 1. The van der Waals surface area contributed by atoms with E-state index in [-0.39, 0.29) is 17.5 Å². The van der Waals surface area contributed by atoms with Crippen molar-refractivity contribution in [3.05, 3.63) is 29.8 Å². The average Bonchev–Trinajstić information content (AvgIpc) is 2.27. The zero-order chi connectivity index (χ0) is 12.8. The van der Waals surface area contributed by atoms with Gasteiger partial charge in [-0.25, -0.2) is 4.39 Å². The van der Waals surface area contributed by atoms with Crippen LogP contribution in [0.15, 0.2) is 18.5 Å². The van der Waals surface area contributed by atoms with E-state index in [2.05, 4.69) is 10.3 Å². The van der Waals surface area contributed by atoms with Crippen molar-refractivity contribution in [2.45, 2.75) is 25.8 Å². The van der Waals surface area contributed by atoms with Crippen LogP contribution in [0.1, 0.15) is 30.1 Å². The Balaban J connectivity index is 2.67. The summed E-state index contributed by atoms with van der Waals surface area (Å²) in [5, 5.41) is 2.73. The number of aromatic nitrogens is 1. The lowest BCUT2D eigenvalue weighted by molar-refractivity contribution is 0.0936. The number of thiocarbonyl (C=S) groups is 1. The van der Waals surface area contributed by atoms with Crippen molar-refractivity contribution >= 4 is 23.1 Å². The highest BCUT2D eigenvalue weighted by atomic mass is 32.1. The van der Waals surface area contributed by atoms with Crippen LogP contribution in [-0.4, -0.2) is 21.9 Å². The zero-order valence-corrected chi connectivity index (χ0v) is 10.3. The van der Waals surface area contributed by atoms with Crippen LogP contribution in [-0.2, 0) is 0 Å². The fraction of sp³-hybridized carbons (Fsp3) is 0.364. The van der Waals surface area contributed by atoms with Gasteiger partial charge in [-0.3, -0.25) is 9.78 Å². The van der Waals surface area contributed by atoms with Crippen molar-refractivity contribution in [2.75, 3.05) is 0 Å². The molecule has 6 heteroatoms. The molecule has 0 aliphatic rings. The van der Waals surface area contributed by atoms with Gasteiger partial charge in [-0.2, -0.15) is 0 Å². The standard InChI is InChI=1S/C11H14FN3OS/c1-2-9(4-10(13)17)15-11(16)7-3-8(12)6-14-5-7/h3,5-6,9H,2,4H2,1H3,(H2,13,17)(H,15,16). The van der Waals surface area contributed by atoms with E-state index in [4.69, 9.17) is 18.0 Å². The summed E-state index contributed by atoms with van der Waals surface area (Å²) in [4.78, 5) is 15.7.